The van der Waals surface area contributed by atoms with Gasteiger partial charge in [-0.1, -0.05) is 17.7 Å². The van der Waals surface area contributed by atoms with Crippen molar-refractivity contribution in [2.24, 2.45) is 5.92 Å². The number of benzene rings is 1. The number of amides is 1. The van der Waals surface area contributed by atoms with Crippen molar-refractivity contribution in [2.75, 3.05) is 24.2 Å². The first-order valence-electron chi connectivity index (χ1n) is 7.69. The SMILES string of the molecule is CCS(=O)(=O)N1CCC(C(=O)Nc2ccc(C)cc2C)CC1. The van der Waals surface area contributed by atoms with Crippen LogP contribution in [0.3, 0.4) is 0 Å². The van der Waals surface area contributed by atoms with Crippen LogP contribution in [0.15, 0.2) is 18.2 Å². The highest BCUT2D eigenvalue weighted by Gasteiger charge is 2.30. The Balaban J connectivity index is 1.95. The number of sulfonamides is 1. The van der Waals surface area contributed by atoms with E-state index in [0.717, 1.165) is 16.8 Å². The zero-order chi connectivity index (χ0) is 16.3. The number of aryl methyl sites for hydroxylation is 2. The van der Waals surface area contributed by atoms with Crippen LogP contribution in [0.25, 0.3) is 0 Å². The summed E-state index contributed by atoms with van der Waals surface area (Å²) in [5.41, 5.74) is 3.03. The van der Waals surface area contributed by atoms with Crippen molar-refractivity contribution in [2.45, 2.75) is 33.6 Å². The molecule has 1 amide bonds. The minimum atomic E-state index is -3.14. The predicted octanol–water partition coefficient (Wildman–Crippen LogP) is 2.30. The number of hydrogen-bond donors (Lipinski definition) is 1. The van der Waals surface area contributed by atoms with Crippen LogP contribution in [0, 0.1) is 19.8 Å². The maximum atomic E-state index is 12.4. The fourth-order valence-corrected chi connectivity index (χ4v) is 3.90. The standard InChI is InChI=1S/C16H24N2O3S/c1-4-22(20,21)18-9-7-14(8-10-18)16(19)17-15-6-5-12(2)11-13(15)3/h5-6,11,14H,4,7-10H2,1-3H3,(H,17,19). The van der Waals surface area contributed by atoms with Gasteiger partial charge in [-0.3, -0.25) is 4.79 Å². The number of anilines is 1. The second-order valence-electron chi connectivity index (χ2n) is 5.88. The Hall–Kier alpha value is -1.40. The first-order valence-corrected chi connectivity index (χ1v) is 9.30. The average molecular weight is 324 g/mol. The van der Waals surface area contributed by atoms with Crippen molar-refractivity contribution < 1.29 is 13.2 Å². The van der Waals surface area contributed by atoms with Gasteiger partial charge in [-0.2, -0.15) is 0 Å². The molecule has 1 aliphatic heterocycles. The zero-order valence-corrected chi connectivity index (χ0v) is 14.2. The maximum absolute atomic E-state index is 12.4. The van der Waals surface area contributed by atoms with Gasteiger partial charge in [0.05, 0.1) is 5.75 Å². The van der Waals surface area contributed by atoms with Gasteiger partial charge in [0.1, 0.15) is 0 Å². The molecule has 1 aromatic rings. The molecule has 1 N–H and O–H groups in total. The van der Waals surface area contributed by atoms with E-state index in [9.17, 15) is 13.2 Å². The van der Waals surface area contributed by atoms with Gasteiger partial charge in [-0.25, -0.2) is 12.7 Å². The van der Waals surface area contributed by atoms with Crippen LogP contribution in [0.1, 0.15) is 30.9 Å². The molecule has 0 atom stereocenters. The molecule has 1 aliphatic rings. The summed E-state index contributed by atoms with van der Waals surface area (Å²) in [6, 6.07) is 5.92. The van der Waals surface area contributed by atoms with E-state index in [0.29, 0.717) is 25.9 Å². The lowest BCUT2D eigenvalue weighted by atomic mass is 9.97. The third-order valence-electron chi connectivity index (χ3n) is 4.22. The molecule has 22 heavy (non-hydrogen) atoms. The summed E-state index contributed by atoms with van der Waals surface area (Å²) in [5.74, 6) is -0.0172. The minimum Gasteiger partial charge on any atom is -0.326 e. The fourth-order valence-electron chi connectivity index (χ4n) is 2.77. The van der Waals surface area contributed by atoms with Crippen molar-refractivity contribution in [3.8, 4) is 0 Å². The average Bonchev–Trinajstić information content (AvgIpc) is 2.50. The first-order chi connectivity index (χ1) is 10.3. The zero-order valence-electron chi connectivity index (χ0n) is 13.4. The topological polar surface area (TPSA) is 66.5 Å². The fraction of sp³-hybridized carbons (Fsp3) is 0.562. The molecule has 1 heterocycles. The van der Waals surface area contributed by atoms with E-state index in [1.165, 1.54) is 4.31 Å². The molecule has 1 aromatic carbocycles. The van der Waals surface area contributed by atoms with Crippen molar-refractivity contribution in [1.82, 2.24) is 4.31 Å². The van der Waals surface area contributed by atoms with Crippen LogP contribution in [0.4, 0.5) is 5.69 Å². The molecule has 1 fully saturated rings. The molecule has 1 saturated heterocycles. The first kappa shape index (κ1) is 17.0. The van der Waals surface area contributed by atoms with E-state index in [1.807, 2.05) is 32.0 Å². The molecule has 0 aliphatic carbocycles. The molecule has 0 saturated carbocycles. The Morgan fingerprint density at radius 3 is 2.45 bits per heavy atom. The van der Waals surface area contributed by atoms with E-state index in [1.54, 1.807) is 6.92 Å². The van der Waals surface area contributed by atoms with Gasteiger partial charge in [0.2, 0.25) is 15.9 Å². The summed E-state index contributed by atoms with van der Waals surface area (Å²) >= 11 is 0. The lowest BCUT2D eigenvalue weighted by molar-refractivity contribution is -0.120. The normalized spacial score (nSPS) is 17.4. The van der Waals surface area contributed by atoms with Crippen LogP contribution >= 0.6 is 0 Å². The quantitative estimate of drug-likeness (QED) is 0.924. The number of piperidine rings is 1. The van der Waals surface area contributed by atoms with Crippen LogP contribution in [-0.4, -0.2) is 37.5 Å². The maximum Gasteiger partial charge on any atom is 0.227 e. The summed E-state index contributed by atoms with van der Waals surface area (Å²) in [7, 11) is -3.14. The van der Waals surface area contributed by atoms with E-state index in [4.69, 9.17) is 0 Å². The summed E-state index contributed by atoms with van der Waals surface area (Å²) in [5, 5.41) is 2.97. The number of carbonyl (C=O) groups is 1. The predicted molar refractivity (Wildman–Crippen MR) is 88.3 cm³/mol. The van der Waals surface area contributed by atoms with Gasteiger partial charge in [0, 0.05) is 24.7 Å². The van der Waals surface area contributed by atoms with Crippen molar-refractivity contribution in [3.63, 3.8) is 0 Å². The molecular weight excluding hydrogens is 300 g/mol. The second kappa shape index (κ2) is 6.79. The largest absolute Gasteiger partial charge is 0.326 e. The van der Waals surface area contributed by atoms with Gasteiger partial charge >= 0.3 is 0 Å². The lowest BCUT2D eigenvalue weighted by Crippen LogP contribution is -2.42. The van der Waals surface area contributed by atoms with E-state index < -0.39 is 10.0 Å². The monoisotopic (exact) mass is 324 g/mol. The van der Waals surface area contributed by atoms with Gasteiger partial charge < -0.3 is 5.32 Å². The Morgan fingerprint density at radius 2 is 1.91 bits per heavy atom. The van der Waals surface area contributed by atoms with E-state index >= 15 is 0 Å². The Bertz CT molecular complexity index is 647. The number of rotatable bonds is 4. The molecule has 0 bridgehead atoms. The van der Waals surface area contributed by atoms with Gasteiger partial charge in [0.25, 0.3) is 0 Å². The molecule has 122 valence electrons. The van der Waals surface area contributed by atoms with Gasteiger partial charge in [0.15, 0.2) is 0 Å². The molecule has 6 heteroatoms. The molecule has 0 aromatic heterocycles. The second-order valence-corrected chi connectivity index (χ2v) is 8.14. The van der Waals surface area contributed by atoms with Crippen LogP contribution in [0.2, 0.25) is 0 Å². The van der Waals surface area contributed by atoms with Gasteiger partial charge in [-0.15, -0.1) is 0 Å². The number of nitrogens with one attached hydrogen (secondary N) is 1. The number of hydrogen-bond acceptors (Lipinski definition) is 3. The van der Waals surface area contributed by atoms with Crippen molar-refractivity contribution in [3.05, 3.63) is 29.3 Å². The summed E-state index contributed by atoms with van der Waals surface area (Å²) in [4.78, 5) is 12.4. The minimum absolute atomic E-state index is 0.0134. The Kier molecular flexibility index (Phi) is 5.24. The van der Waals surface area contributed by atoms with Crippen molar-refractivity contribution >= 4 is 21.6 Å². The highest BCUT2D eigenvalue weighted by Crippen LogP contribution is 2.23. The summed E-state index contributed by atoms with van der Waals surface area (Å²) in [6.45, 7) is 6.50. The van der Waals surface area contributed by atoms with Crippen LogP contribution in [-0.2, 0) is 14.8 Å². The molecule has 0 unspecified atom stereocenters. The molecule has 0 radical (unpaired) electrons. The van der Waals surface area contributed by atoms with Gasteiger partial charge in [-0.05, 0) is 45.2 Å². The molecule has 0 spiro atoms. The van der Waals surface area contributed by atoms with Crippen LogP contribution < -0.4 is 5.32 Å². The molecule has 2 rings (SSSR count). The van der Waals surface area contributed by atoms with Crippen LogP contribution in [0.5, 0.6) is 0 Å². The molecule has 5 nitrogen and oxygen atoms in total. The number of carbonyl (C=O) groups excluding carboxylic acids is 1. The smallest absolute Gasteiger partial charge is 0.227 e. The summed E-state index contributed by atoms with van der Waals surface area (Å²) < 4.78 is 25.1. The summed E-state index contributed by atoms with van der Waals surface area (Å²) in [6.07, 6.45) is 1.16. The number of nitrogens with zero attached hydrogens (tertiary/aromatic N) is 1. The van der Waals surface area contributed by atoms with E-state index in [2.05, 4.69) is 5.32 Å². The van der Waals surface area contributed by atoms with E-state index in [-0.39, 0.29) is 17.6 Å². The Labute approximate surface area is 132 Å². The molecular formula is C16H24N2O3S. The third-order valence-corrected chi connectivity index (χ3v) is 6.10. The third kappa shape index (κ3) is 3.87. The lowest BCUT2D eigenvalue weighted by Gasteiger charge is -2.30. The highest BCUT2D eigenvalue weighted by atomic mass is 32.2. The Morgan fingerprint density at radius 1 is 1.27 bits per heavy atom. The highest BCUT2D eigenvalue weighted by molar-refractivity contribution is 7.89. The van der Waals surface area contributed by atoms with Crippen molar-refractivity contribution in [1.29, 1.82) is 0 Å².